The maximum absolute atomic E-state index is 12.4. The van der Waals surface area contributed by atoms with Crippen molar-refractivity contribution in [2.24, 2.45) is 0 Å². The van der Waals surface area contributed by atoms with Crippen LogP contribution in [0.1, 0.15) is 11.5 Å². The normalized spacial score (nSPS) is 9.67. The zero-order valence-electron chi connectivity index (χ0n) is 5.35. The zero-order valence-corrected chi connectivity index (χ0v) is 5.35. The summed E-state index contributed by atoms with van der Waals surface area (Å²) in [6.45, 7) is 3.34. The van der Waals surface area contributed by atoms with Crippen LogP contribution in [-0.4, -0.2) is 9.97 Å². The molecule has 1 aromatic heterocycles. The van der Waals surface area contributed by atoms with Gasteiger partial charge in [-0.1, -0.05) is 0 Å². The molecule has 0 amide bonds. The van der Waals surface area contributed by atoms with Gasteiger partial charge in [0.15, 0.2) is 5.82 Å². The van der Waals surface area contributed by atoms with Crippen molar-refractivity contribution in [3.05, 3.63) is 23.5 Å². The zero-order chi connectivity index (χ0) is 6.85. The standard InChI is InChI=1S/C6H7FN2/c1-4-6(7)3-8-5(2)9-4/h3H,1-2H3. The van der Waals surface area contributed by atoms with Crippen LogP contribution in [0.3, 0.4) is 0 Å². The largest absolute Gasteiger partial charge is 0.239 e. The third-order valence-electron chi connectivity index (χ3n) is 1.04. The van der Waals surface area contributed by atoms with E-state index >= 15 is 0 Å². The van der Waals surface area contributed by atoms with Crippen molar-refractivity contribution in [1.82, 2.24) is 9.97 Å². The smallest absolute Gasteiger partial charge is 0.162 e. The van der Waals surface area contributed by atoms with E-state index in [4.69, 9.17) is 0 Å². The van der Waals surface area contributed by atoms with E-state index in [0.29, 0.717) is 11.5 Å². The Labute approximate surface area is 52.8 Å². The van der Waals surface area contributed by atoms with Gasteiger partial charge in [-0.3, -0.25) is 0 Å². The minimum Gasteiger partial charge on any atom is -0.239 e. The lowest BCUT2D eigenvalue weighted by atomic mass is 10.4. The molecule has 1 rings (SSSR count). The SMILES string of the molecule is Cc1ncc(F)c(C)n1. The lowest BCUT2D eigenvalue weighted by molar-refractivity contribution is 0.598. The first kappa shape index (κ1) is 6.13. The molecule has 0 atom stereocenters. The van der Waals surface area contributed by atoms with Crippen LogP contribution in [0.4, 0.5) is 4.39 Å². The van der Waals surface area contributed by atoms with Crippen LogP contribution < -0.4 is 0 Å². The highest BCUT2D eigenvalue weighted by Crippen LogP contribution is 1.98. The van der Waals surface area contributed by atoms with E-state index in [-0.39, 0.29) is 5.82 Å². The molecular formula is C6H7FN2. The molecule has 3 heteroatoms. The van der Waals surface area contributed by atoms with E-state index in [1.807, 2.05) is 0 Å². The molecule has 1 aromatic rings. The first-order chi connectivity index (χ1) is 4.20. The number of hydrogen-bond acceptors (Lipinski definition) is 2. The van der Waals surface area contributed by atoms with E-state index < -0.39 is 0 Å². The fourth-order valence-corrected chi connectivity index (χ4v) is 0.568. The van der Waals surface area contributed by atoms with Gasteiger partial charge in [0.05, 0.1) is 11.9 Å². The van der Waals surface area contributed by atoms with Crippen molar-refractivity contribution < 1.29 is 4.39 Å². The van der Waals surface area contributed by atoms with E-state index in [2.05, 4.69) is 9.97 Å². The molecule has 0 saturated carbocycles. The second-order valence-electron chi connectivity index (χ2n) is 1.85. The van der Waals surface area contributed by atoms with Crippen molar-refractivity contribution in [2.75, 3.05) is 0 Å². The lowest BCUT2D eigenvalue weighted by Gasteiger charge is -1.93. The fourth-order valence-electron chi connectivity index (χ4n) is 0.568. The number of nitrogens with zero attached hydrogens (tertiary/aromatic N) is 2. The number of aryl methyl sites for hydroxylation is 2. The van der Waals surface area contributed by atoms with Crippen molar-refractivity contribution in [3.63, 3.8) is 0 Å². The second kappa shape index (κ2) is 2.09. The predicted octanol–water partition coefficient (Wildman–Crippen LogP) is 1.23. The highest BCUT2D eigenvalue weighted by molar-refractivity contribution is 5.01. The van der Waals surface area contributed by atoms with Crippen LogP contribution in [0.15, 0.2) is 6.20 Å². The number of halogens is 1. The van der Waals surface area contributed by atoms with Crippen LogP contribution in [0.25, 0.3) is 0 Å². The number of rotatable bonds is 0. The fraction of sp³-hybridized carbons (Fsp3) is 0.333. The molecule has 0 fully saturated rings. The number of aromatic nitrogens is 2. The Bertz CT molecular complexity index is 222. The average molecular weight is 126 g/mol. The van der Waals surface area contributed by atoms with E-state index in [9.17, 15) is 4.39 Å². The van der Waals surface area contributed by atoms with Gasteiger partial charge in [-0.2, -0.15) is 0 Å². The van der Waals surface area contributed by atoms with Gasteiger partial charge >= 0.3 is 0 Å². The molecule has 0 bridgehead atoms. The van der Waals surface area contributed by atoms with Gasteiger partial charge in [-0.25, -0.2) is 14.4 Å². The van der Waals surface area contributed by atoms with Gasteiger partial charge in [0.25, 0.3) is 0 Å². The quantitative estimate of drug-likeness (QED) is 0.522. The van der Waals surface area contributed by atoms with Crippen LogP contribution >= 0.6 is 0 Å². The minimum absolute atomic E-state index is 0.347. The summed E-state index contributed by atoms with van der Waals surface area (Å²) in [5.41, 5.74) is 0.405. The molecule has 0 unspecified atom stereocenters. The van der Waals surface area contributed by atoms with Crippen LogP contribution in [0.5, 0.6) is 0 Å². The molecule has 9 heavy (non-hydrogen) atoms. The Morgan fingerprint density at radius 2 is 2.11 bits per heavy atom. The summed E-state index contributed by atoms with van der Waals surface area (Å²) in [5.74, 6) is 0.259. The molecule has 0 spiro atoms. The molecule has 0 saturated heterocycles. The Morgan fingerprint density at radius 1 is 1.44 bits per heavy atom. The van der Waals surface area contributed by atoms with E-state index in [0.717, 1.165) is 0 Å². The molecule has 0 N–H and O–H groups in total. The summed E-state index contributed by atoms with van der Waals surface area (Å²) < 4.78 is 12.4. The minimum atomic E-state index is -0.347. The molecule has 0 aromatic carbocycles. The molecule has 48 valence electrons. The molecular weight excluding hydrogens is 119 g/mol. The molecule has 0 aliphatic carbocycles. The maximum atomic E-state index is 12.4. The molecule has 0 radical (unpaired) electrons. The van der Waals surface area contributed by atoms with Gasteiger partial charge < -0.3 is 0 Å². The summed E-state index contributed by atoms with van der Waals surface area (Å²) in [7, 11) is 0. The van der Waals surface area contributed by atoms with Gasteiger partial charge in [0.2, 0.25) is 0 Å². The Balaban J connectivity index is 3.17. The summed E-state index contributed by atoms with van der Waals surface area (Å²) in [5, 5.41) is 0. The summed E-state index contributed by atoms with van der Waals surface area (Å²) in [4.78, 5) is 7.44. The van der Waals surface area contributed by atoms with Crippen LogP contribution in [-0.2, 0) is 0 Å². The Kier molecular flexibility index (Phi) is 1.42. The summed E-state index contributed by atoms with van der Waals surface area (Å²) >= 11 is 0. The predicted molar refractivity (Wildman–Crippen MR) is 31.5 cm³/mol. The van der Waals surface area contributed by atoms with Gasteiger partial charge in [-0.15, -0.1) is 0 Å². The first-order valence-corrected chi connectivity index (χ1v) is 2.66. The van der Waals surface area contributed by atoms with E-state index in [1.54, 1.807) is 13.8 Å². The molecule has 0 aliphatic rings. The van der Waals surface area contributed by atoms with Crippen molar-refractivity contribution in [2.45, 2.75) is 13.8 Å². The Morgan fingerprint density at radius 3 is 2.56 bits per heavy atom. The Hall–Kier alpha value is -0.990. The van der Waals surface area contributed by atoms with E-state index in [1.165, 1.54) is 6.20 Å². The van der Waals surface area contributed by atoms with Crippen LogP contribution in [0, 0.1) is 19.7 Å². The van der Waals surface area contributed by atoms with Crippen molar-refractivity contribution in [3.8, 4) is 0 Å². The lowest BCUT2D eigenvalue weighted by Crippen LogP contribution is -1.93. The van der Waals surface area contributed by atoms with Gasteiger partial charge in [0.1, 0.15) is 5.82 Å². The van der Waals surface area contributed by atoms with Crippen LogP contribution in [0.2, 0.25) is 0 Å². The number of hydrogen-bond donors (Lipinski definition) is 0. The average Bonchev–Trinajstić information content (AvgIpc) is 1.80. The summed E-state index contributed by atoms with van der Waals surface area (Å²) in [6, 6.07) is 0. The van der Waals surface area contributed by atoms with Gasteiger partial charge in [0, 0.05) is 0 Å². The highest BCUT2D eigenvalue weighted by Gasteiger charge is 1.96. The third kappa shape index (κ3) is 1.22. The van der Waals surface area contributed by atoms with Gasteiger partial charge in [-0.05, 0) is 13.8 Å². The third-order valence-corrected chi connectivity index (χ3v) is 1.04. The molecule has 1 heterocycles. The summed E-state index contributed by atoms with van der Waals surface area (Å²) in [6.07, 6.45) is 1.18. The molecule has 0 aliphatic heterocycles. The molecule has 2 nitrogen and oxygen atoms in total. The monoisotopic (exact) mass is 126 g/mol. The first-order valence-electron chi connectivity index (χ1n) is 2.66. The second-order valence-corrected chi connectivity index (χ2v) is 1.85. The maximum Gasteiger partial charge on any atom is 0.162 e. The van der Waals surface area contributed by atoms with Crippen molar-refractivity contribution >= 4 is 0 Å². The van der Waals surface area contributed by atoms with Crippen molar-refractivity contribution in [1.29, 1.82) is 0 Å². The highest BCUT2D eigenvalue weighted by atomic mass is 19.1. The topological polar surface area (TPSA) is 25.8 Å².